The Bertz CT molecular complexity index is 945. The van der Waals surface area contributed by atoms with Gasteiger partial charge in [-0.3, -0.25) is 4.79 Å². The lowest BCUT2D eigenvalue weighted by Crippen LogP contribution is -2.30. The van der Waals surface area contributed by atoms with Crippen molar-refractivity contribution in [3.63, 3.8) is 0 Å². The lowest BCUT2D eigenvalue weighted by molar-refractivity contribution is -0.122. The Hall–Kier alpha value is -3.18. The second-order valence-corrected chi connectivity index (χ2v) is 6.78. The lowest BCUT2D eigenvalue weighted by Gasteiger charge is -2.16. The van der Waals surface area contributed by atoms with E-state index in [1.165, 1.54) is 7.11 Å². The van der Waals surface area contributed by atoms with Gasteiger partial charge in [-0.25, -0.2) is 0 Å². The van der Waals surface area contributed by atoms with Crippen molar-refractivity contribution in [1.82, 2.24) is 0 Å². The number of anilines is 1. The number of carbonyl (C=O) groups is 1. The van der Waals surface area contributed by atoms with Crippen LogP contribution in [-0.4, -0.2) is 19.1 Å². The van der Waals surface area contributed by atoms with E-state index >= 15 is 0 Å². The molecule has 29 heavy (non-hydrogen) atoms. The molecule has 1 N–H and O–H groups in total. The zero-order chi connectivity index (χ0) is 20.6. The fraction of sp³-hybridized carbons (Fsp3) is 0.174. The van der Waals surface area contributed by atoms with E-state index in [1.807, 2.05) is 42.5 Å². The van der Waals surface area contributed by atoms with Gasteiger partial charge in [-0.1, -0.05) is 41.9 Å². The van der Waals surface area contributed by atoms with Crippen molar-refractivity contribution < 1.29 is 19.0 Å². The molecule has 3 aromatic carbocycles. The standard InChI is InChI=1S/C23H22ClNO4/c1-16(23(26)25-21-14-18(24)8-13-22(21)27-2)29-20-11-9-19(10-12-20)28-15-17-6-4-3-5-7-17/h3-14,16H,15H2,1-2H3,(H,25,26). The number of rotatable bonds is 8. The summed E-state index contributed by atoms with van der Waals surface area (Å²) in [5.74, 6) is 1.50. The summed E-state index contributed by atoms with van der Waals surface area (Å²) in [6.07, 6.45) is -0.713. The van der Waals surface area contributed by atoms with E-state index in [2.05, 4.69) is 5.32 Å². The molecule has 0 aliphatic heterocycles. The molecular formula is C23H22ClNO4. The van der Waals surface area contributed by atoms with Gasteiger partial charge < -0.3 is 19.5 Å². The van der Waals surface area contributed by atoms with Crippen LogP contribution >= 0.6 is 11.6 Å². The molecule has 0 bridgehead atoms. The number of amides is 1. The molecule has 1 unspecified atom stereocenters. The van der Waals surface area contributed by atoms with Crippen LogP contribution in [0.5, 0.6) is 17.2 Å². The first-order valence-electron chi connectivity index (χ1n) is 9.13. The monoisotopic (exact) mass is 411 g/mol. The third-order valence-electron chi connectivity index (χ3n) is 4.17. The number of benzene rings is 3. The smallest absolute Gasteiger partial charge is 0.265 e. The molecule has 0 aromatic heterocycles. The number of carbonyl (C=O) groups excluding carboxylic acids is 1. The molecule has 0 radical (unpaired) electrons. The van der Waals surface area contributed by atoms with Crippen LogP contribution in [0, 0.1) is 0 Å². The van der Waals surface area contributed by atoms with Gasteiger partial charge in [0.1, 0.15) is 23.9 Å². The molecule has 3 aromatic rings. The van der Waals surface area contributed by atoms with Crippen LogP contribution in [0.4, 0.5) is 5.69 Å². The Morgan fingerprint density at radius 1 is 1.00 bits per heavy atom. The highest BCUT2D eigenvalue weighted by molar-refractivity contribution is 6.31. The Labute approximate surface area is 175 Å². The van der Waals surface area contributed by atoms with Crippen LogP contribution in [0.1, 0.15) is 12.5 Å². The average Bonchev–Trinajstić information content (AvgIpc) is 2.74. The summed E-state index contributed by atoms with van der Waals surface area (Å²) >= 11 is 6.00. The van der Waals surface area contributed by atoms with Crippen LogP contribution in [0.2, 0.25) is 5.02 Å². The van der Waals surface area contributed by atoms with Gasteiger partial charge in [0.15, 0.2) is 6.10 Å². The van der Waals surface area contributed by atoms with Crippen molar-refractivity contribution in [3.8, 4) is 17.2 Å². The molecular weight excluding hydrogens is 390 g/mol. The maximum Gasteiger partial charge on any atom is 0.265 e. The van der Waals surface area contributed by atoms with Crippen LogP contribution in [0.25, 0.3) is 0 Å². The summed E-state index contributed by atoms with van der Waals surface area (Å²) in [6.45, 7) is 2.16. The number of hydrogen-bond acceptors (Lipinski definition) is 4. The minimum atomic E-state index is -0.713. The minimum Gasteiger partial charge on any atom is -0.495 e. The van der Waals surface area contributed by atoms with E-state index < -0.39 is 6.10 Å². The Kier molecular flexibility index (Phi) is 6.98. The van der Waals surface area contributed by atoms with E-state index in [4.69, 9.17) is 25.8 Å². The molecule has 1 amide bonds. The maximum absolute atomic E-state index is 12.5. The summed E-state index contributed by atoms with van der Waals surface area (Å²) < 4.78 is 16.7. The SMILES string of the molecule is COc1ccc(Cl)cc1NC(=O)C(C)Oc1ccc(OCc2ccccc2)cc1. The minimum absolute atomic E-state index is 0.310. The van der Waals surface area contributed by atoms with Gasteiger partial charge in [0, 0.05) is 5.02 Å². The molecule has 150 valence electrons. The molecule has 0 fully saturated rings. The molecule has 1 atom stereocenters. The van der Waals surface area contributed by atoms with Gasteiger partial charge in [0.2, 0.25) is 0 Å². The van der Waals surface area contributed by atoms with E-state index in [1.54, 1.807) is 37.3 Å². The van der Waals surface area contributed by atoms with Crippen LogP contribution in [0.15, 0.2) is 72.8 Å². The third kappa shape index (κ3) is 5.90. The molecule has 5 nitrogen and oxygen atoms in total. The molecule has 0 heterocycles. The van der Waals surface area contributed by atoms with Crippen LogP contribution < -0.4 is 19.5 Å². The summed E-state index contributed by atoms with van der Waals surface area (Å²) in [7, 11) is 1.53. The van der Waals surface area contributed by atoms with E-state index in [0.717, 1.165) is 11.3 Å². The second kappa shape index (κ2) is 9.85. The summed E-state index contributed by atoms with van der Waals surface area (Å²) in [6, 6.07) is 22.1. The molecule has 0 saturated heterocycles. The molecule has 6 heteroatoms. The highest BCUT2D eigenvalue weighted by atomic mass is 35.5. The van der Waals surface area contributed by atoms with Gasteiger partial charge in [-0.2, -0.15) is 0 Å². The van der Waals surface area contributed by atoms with E-state index in [9.17, 15) is 4.79 Å². The van der Waals surface area contributed by atoms with Crippen molar-refractivity contribution in [3.05, 3.63) is 83.4 Å². The first kappa shape index (κ1) is 20.6. The number of halogens is 1. The molecule has 0 spiro atoms. The fourth-order valence-corrected chi connectivity index (χ4v) is 2.80. The number of ether oxygens (including phenoxy) is 3. The van der Waals surface area contributed by atoms with Crippen LogP contribution in [0.3, 0.4) is 0 Å². The van der Waals surface area contributed by atoms with Crippen molar-refractivity contribution in [2.75, 3.05) is 12.4 Å². The van der Waals surface area contributed by atoms with Gasteiger partial charge >= 0.3 is 0 Å². The molecule has 0 aliphatic carbocycles. The van der Waals surface area contributed by atoms with E-state index in [-0.39, 0.29) is 5.91 Å². The van der Waals surface area contributed by atoms with Gasteiger partial charge in [0.25, 0.3) is 5.91 Å². The first-order chi connectivity index (χ1) is 14.0. The molecule has 3 rings (SSSR count). The molecule has 0 aliphatic rings. The Morgan fingerprint density at radius 2 is 1.69 bits per heavy atom. The maximum atomic E-state index is 12.5. The predicted molar refractivity (Wildman–Crippen MR) is 114 cm³/mol. The predicted octanol–water partition coefficient (Wildman–Crippen LogP) is 5.33. The first-order valence-corrected chi connectivity index (χ1v) is 9.51. The Balaban J connectivity index is 1.55. The van der Waals surface area contributed by atoms with Gasteiger partial charge in [-0.15, -0.1) is 0 Å². The summed E-state index contributed by atoms with van der Waals surface area (Å²) in [5, 5.41) is 3.27. The number of nitrogens with one attached hydrogen (secondary N) is 1. The van der Waals surface area contributed by atoms with Crippen molar-refractivity contribution >= 4 is 23.2 Å². The zero-order valence-electron chi connectivity index (χ0n) is 16.2. The van der Waals surface area contributed by atoms with Crippen LogP contribution in [-0.2, 0) is 11.4 Å². The van der Waals surface area contributed by atoms with Gasteiger partial charge in [-0.05, 0) is 55.0 Å². The normalized spacial score (nSPS) is 11.4. The number of hydrogen-bond donors (Lipinski definition) is 1. The van der Waals surface area contributed by atoms with Crippen molar-refractivity contribution in [1.29, 1.82) is 0 Å². The van der Waals surface area contributed by atoms with E-state index in [0.29, 0.717) is 28.8 Å². The fourth-order valence-electron chi connectivity index (χ4n) is 2.63. The zero-order valence-corrected chi connectivity index (χ0v) is 17.0. The molecule has 0 saturated carbocycles. The van der Waals surface area contributed by atoms with Crippen molar-refractivity contribution in [2.45, 2.75) is 19.6 Å². The van der Waals surface area contributed by atoms with Crippen molar-refractivity contribution in [2.24, 2.45) is 0 Å². The highest BCUT2D eigenvalue weighted by Crippen LogP contribution is 2.28. The number of methoxy groups -OCH3 is 1. The highest BCUT2D eigenvalue weighted by Gasteiger charge is 2.17. The largest absolute Gasteiger partial charge is 0.495 e. The Morgan fingerprint density at radius 3 is 2.38 bits per heavy atom. The third-order valence-corrected chi connectivity index (χ3v) is 4.41. The average molecular weight is 412 g/mol. The lowest BCUT2D eigenvalue weighted by atomic mass is 10.2. The summed E-state index contributed by atoms with van der Waals surface area (Å²) in [5.41, 5.74) is 1.58. The second-order valence-electron chi connectivity index (χ2n) is 6.34. The topological polar surface area (TPSA) is 56.8 Å². The summed E-state index contributed by atoms with van der Waals surface area (Å²) in [4.78, 5) is 12.5. The quantitative estimate of drug-likeness (QED) is 0.544. The van der Waals surface area contributed by atoms with Gasteiger partial charge in [0.05, 0.1) is 12.8 Å².